The van der Waals surface area contributed by atoms with Crippen LogP contribution in [-0.2, 0) is 16.0 Å². The van der Waals surface area contributed by atoms with Crippen LogP contribution in [0.25, 0.3) is 0 Å². The molecule has 0 saturated heterocycles. The Bertz CT molecular complexity index is 1120. The van der Waals surface area contributed by atoms with Crippen LogP contribution in [0.3, 0.4) is 0 Å². The summed E-state index contributed by atoms with van der Waals surface area (Å²) in [5.41, 5.74) is 1.41. The van der Waals surface area contributed by atoms with E-state index in [1.807, 2.05) is 31.2 Å². The Morgan fingerprint density at radius 3 is 2.26 bits per heavy atom. The van der Waals surface area contributed by atoms with Gasteiger partial charge in [0.2, 0.25) is 17.8 Å². The second-order valence-electron chi connectivity index (χ2n) is 8.52. The zero-order chi connectivity index (χ0) is 27.0. The van der Waals surface area contributed by atoms with Crippen LogP contribution in [0.15, 0.2) is 54.6 Å². The van der Waals surface area contributed by atoms with Gasteiger partial charge in [-0.25, -0.2) is 4.39 Å². The monoisotopic (exact) mass is 525 g/mol. The molecule has 1 atom stereocenters. The molecule has 0 spiro atoms. The number of aromatic nitrogens is 3. The average Bonchev–Trinajstić information content (AvgIpc) is 2.93. The summed E-state index contributed by atoms with van der Waals surface area (Å²) in [6, 6.07) is 15.6. The van der Waals surface area contributed by atoms with Crippen molar-refractivity contribution in [1.29, 1.82) is 0 Å². The maximum absolute atomic E-state index is 13.5. The van der Waals surface area contributed by atoms with E-state index in [-0.39, 0.29) is 17.8 Å². The lowest BCUT2D eigenvalue weighted by Crippen LogP contribution is -2.27. The molecule has 0 radical (unpaired) electrons. The summed E-state index contributed by atoms with van der Waals surface area (Å²) < 4.78 is 24.6. The maximum Gasteiger partial charge on any atom is 0.251 e. The van der Waals surface area contributed by atoms with Gasteiger partial charge in [-0.05, 0) is 43.2 Å². The standard InChI is InChI=1S/C27H36FN7O3/c1-3-20(2)32-27-34-25(33-26(35-27)31-19-21-8-7-11-23(28)18-21)30-13-15-38-17-16-37-14-12-29-24(36)22-9-5-4-6-10-22/h4-11,18,20H,3,12-17,19H2,1-2H3,(H,29,36)(H3,30,31,32,33,34,35). The molecule has 3 aromatic rings. The van der Waals surface area contributed by atoms with Crippen LogP contribution >= 0.6 is 0 Å². The molecule has 38 heavy (non-hydrogen) atoms. The molecular weight excluding hydrogens is 489 g/mol. The molecule has 1 heterocycles. The van der Waals surface area contributed by atoms with Gasteiger partial charge in [0.25, 0.3) is 5.91 Å². The molecule has 11 heteroatoms. The molecular formula is C27H36FN7O3. The number of ether oxygens (including phenoxy) is 2. The lowest BCUT2D eigenvalue weighted by molar-refractivity contribution is 0.0519. The van der Waals surface area contributed by atoms with E-state index in [1.165, 1.54) is 12.1 Å². The topological polar surface area (TPSA) is 122 Å². The molecule has 1 unspecified atom stereocenters. The summed E-state index contributed by atoms with van der Waals surface area (Å²) in [5, 5.41) is 12.3. The number of carbonyl (C=O) groups is 1. The molecule has 0 bridgehead atoms. The van der Waals surface area contributed by atoms with Crippen LogP contribution in [0.2, 0.25) is 0 Å². The van der Waals surface area contributed by atoms with Crippen LogP contribution in [0.4, 0.5) is 22.2 Å². The molecule has 0 saturated carbocycles. The van der Waals surface area contributed by atoms with Gasteiger partial charge in [0, 0.05) is 31.2 Å². The van der Waals surface area contributed by atoms with Crippen molar-refractivity contribution in [1.82, 2.24) is 20.3 Å². The summed E-state index contributed by atoms with van der Waals surface area (Å²) in [6.45, 7) is 7.09. The SMILES string of the molecule is CCC(C)Nc1nc(NCCOCCOCCNC(=O)c2ccccc2)nc(NCc2cccc(F)c2)n1. The number of hydrogen-bond acceptors (Lipinski definition) is 9. The number of rotatable bonds is 17. The highest BCUT2D eigenvalue weighted by atomic mass is 19.1. The summed E-state index contributed by atoms with van der Waals surface area (Å²) in [7, 11) is 0. The van der Waals surface area contributed by atoms with Gasteiger partial charge in [0.1, 0.15) is 5.82 Å². The number of halogens is 1. The summed E-state index contributed by atoms with van der Waals surface area (Å²) >= 11 is 0. The smallest absolute Gasteiger partial charge is 0.251 e. The third kappa shape index (κ3) is 10.7. The van der Waals surface area contributed by atoms with Crippen molar-refractivity contribution in [3.05, 3.63) is 71.5 Å². The van der Waals surface area contributed by atoms with E-state index in [9.17, 15) is 9.18 Å². The number of amides is 1. The van der Waals surface area contributed by atoms with Crippen molar-refractivity contribution < 1.29 is 18.7 Å². The fourth-order valence-corrected chi connectivity index (χ4v) is 3.23. The molecule has 2 aromatic carbocycles. The van der Waals surface area contributed by atoms with Gasteiger partial charge in [0.15, 0.2) is 0 Å². The van der Waals surface area contributed by atoms with E-state index >= 15 is 0 Å². The van der Waals surface area contributed by atoms with Crippen molar-refractivity contribution in [2.75, 3.05) is 55.5 Å². The largest absolute Gasteiger partial charge is 0.377 e. The first-order valence-electron chi connectivity index (χ1n) is 12.8. The number of nitrogens with one attached hydrogen (secondary N) is 4. The van der Waals surface area contributed by atoms with Gasteiger partial charge in [-0.3, -0.25) is 4.79 Å². The summed E-state index contributed by atoms with van der Waals surface area (Å²) in [4.78, 5) is 25.2. The minimum Gasteiger partial charge on any atom is -0.377 e. The highest BCUT2D eigenvalue weighted by Crippen LogP contribution is 2.13. The molecule has 4 N–H and O–H groups in total. The fourth-order valence-electron chi connectivity index (χ4n) is 3.23. The van der Waals surface area contributed by atoms with Gasteiger partial charge in [-0.15, -0.1) is 0 Å². The van der Waals surface area contributed by atoms with Crippen LogP contribution in [0.5, 0.6) is 0 Å². The van der Waals surface area contributed by atoms with Crippen molar-refractivity contribution >= 4 is 23.8 Å². The van der Waals surface area contributed by atoms with Gasteiger partial charge in [-0.1, -0.05) is 37.3 Å². The average molecular weight is 526 g/mol. The number of carbonyl (C=O) groups excluding carboxylic acids is 1. The van der Waals surface area contributed by atoms with Crippen LogP contribution in [-0.4, -0.2) is 66.4 Å². The molecule has 204 valence electrons. The number of hydrogen-bond donors (Lipinski definition) is 4. The van der Waals surface area contributed by atoms with Gasteiger partial charge in [0.05, 0.1) is 26.4 Å². The number of nitrogens with zero attached hydrogens (tertiary/aromatic N) is 3. The quantitative estimate of drug-likeness (QED) is 0.195. The Labute approximate surface area is 222 Å². The van der Waals surface area contributed by atoms with Gasteiger partial charge >= 0.3 is 0 Å². The number of anilines is 3. The lowest BCUT2D eigenvalue weighted by atomic mass is 10.2. The second kappa shape index (κ2) is 16.1. The van der Waals surface area contributed by atoms with Crippen LogP contribution in [0.1, 0.15) is 36.2 Å². The second-order valence-corrected chi connectivity index (χ2v) is 8.52. The number of benzene rings is 2. The molecule has 0 aliphatic rings. The van der Waals surface area contributed by atoms with Crippen molar-refractivity contribution in [3.8, 4) is 0 Å². The van der Waals surface area contributed by atoms with Crippen LogP contribution < -0.4 is 21.3 Å². The highest BCUT2D eigenvalue weighted by molar-refractivity contribution is 5.94. The lowest BCUT2D eigenvalue weighted by Gasteiger charge is -2.14. The Kier molecular flexibility index (Phi) is 12.2. The minimum atomic E-state index is -0.290. The molecule has 0 fully saturated rings. The van der Waals surface area contributed by atoms with Gasteiger partial charge in [-0.2, -0.15) is 15.0 Å². The molecule has 10 nitrogen and oxygen atoms in total. The zero-order valence-electron chi connectivity index (χ0n) is 21.9. The van der Waals surface area contributed by atoms with E-state index in [1.54, 1.807) is 18.2 Å². The Hall–Kier alpha value is -3.83. The normalized spacial score (nSPS) is 11.6. The Morgan fingerprint density at radius 1 is 0.868 bits per heavy atom. The predicted molar refractivity (Wildman–Crippen MR) is 146 cm³/mol. The van der Waals surface area contributed by atoms with Crippen molar-refractivity contribution in [2.24, 2.45) is 0 Å². The van der Waals surface area contributed by atoms with E-state index in [4.69, 9.17) is 9.47 Å². The van der Waals surface area contributed by atoms with E-state index < -0.39 is 0 Å². The molecule has 3 rings (SSSR count). The first-order valence-corrected chi connectivity index (χ1v) is 12.8. The molecule has 1 aromatic heterocycles. The van der Waals surface area contributed by atoms with E-state index in [0.29, 0.717) is 69.5 Å². The van der Waals surface area contributed by atoms with Crippen LogP contribution in [0, 0.1) is 5.82 Å². The first-order chi connectivity index (χ1) is 18.5. The zero-order valence-corrected chi connectivity index (χ0v) is 21.9. The van der Waals surface area contributed by atoms with Gasteiger partial charge < -0.3 is 30.7 Å². The fraction of sp³-hybridized carbons (Fsp3) is 0.407. The minimum absolute atomic E-state index is 0.121. The third-order valence-corrected chi connectivity index (χ3v) is 5.43. The Morgan fingerprint density at radius 2 is 1.55 bits per heavy atom. The third-order valence-electron chi connectivity index (χ3n) is 5.43. The van der Waals surface area contributed by atoms with E-state index in [2.05, 4.69) is 43.1 Å². The summed E-state index contributed by atoms with van der Waals surface area (Å²) in [5.74, 6) is 0.825. The molecule has 1 amide bonds. The Balaban J connectivity index is 1.35. The molecule has 0 aliphatic heterocycles. The molecule has 0 aliphatic carbocycles. The van der Waals surface area contributed by atoms with Crippen molar-refractivity contribution in [2.45, 2.75) is 32.9 Å². The first kappa shape index (κ1) is 28.7. The predicted octanol–water partition coefficient (Wildman–Crippen LogP) is 3.71. The maximum atomic E-state index is 13.5. The highest BCUT2D eigenvalue weighted by Gasteiger charge is 2.09. The van der Waals surface area contributed by atoms with Crippen molar-refractivity contribution in [3.63, 3.8) is 0 Å². The van der Waals surface area contributed by atoms with E-state index in [0.717, 1.165) is 12.0 Å². The summed E-state index contributed by atoms with van der Waals surface area (Å²) in [6.07, 6.45) is 0.913.